The fraction of sp³-hybridized carbons (Fsp3) is 0.261. The summed E-state index contributed by atoms with van der Waals surface area (Å²) in [5.74, 6) is -0.647. The third kappa shape index (κ3) is 5.42. The van der Waals surface area contributed by atoms with Gasteiger partial charge in [0.1, 0.15) is 5.84 Å². The molecule has 1 aromatic heterocycles. The number of hydrogen-bond donors (Lipinski definition) is 3. The summed E-state index contributed by atoms with van der Waals surface area (Å²) in [6.45, 7) is 4.08. The number of hydrogen-bond acceptors (Lipinski definition) is 6. The number of nitrogen functional groups attached to an aromatic ring is 1. The van der Waals surface area contributed by atoms with Crippen molar-refractivity contribution in [2.24, 2.45) is 5.73 Å². The van der Waals surface area contributed by atoms with Crippen molar-refractivity contribution < 1.29 is 18.8 Å². The molecular weight excluding hydrogens is 396 g/mol. The van der Waals surface area contributed by atoms with Crippen LogP contribution < -0.4 is 16.1 Å². The summed E-state index contributed by atoms with van der Waals surface area (Å²) in [4.78, 5) is 29.4. The van der Waals surface area contributed by atoms with Crippen LogP contribution in [0.4, 0.5) is 11.4 Å². The molecule has 8 nitrogen and oxygen atoms in total. The van der Waals surface area contributed by atoms with Gasteiger partial charge in [0.05, 0.1) is 18.5 Å². The van der Waals surface area contributed by atoms with Gasteiger partial charge in [0.2, 0.25) is 0 Å². The van der Waals surface area contributed by atoms with Gasteiger partial charge in [-0.15, -0.1) is 0 Å². The SMILES string of the molecule is CCCCCN(OC(C)=O)c1ccc(NC(=O)c2occ3cc(C(=N)N)ccc23)cc1. The lowest BCUT2D eigenvalue weighted by molar-refractivity contribution is -0.142. The lowest BCUT2D eigenvalue weighted by Gasteiger charge is -2.22. The maximum absolute atomic E-state index is 12.7. The van der Waals surface area contributed by atoms with Crippen molar-refractivity contribution in [2.75, 3.05) is 16.9 Å². The standard InChI is InChI=1S/C23H26N4O4/c1-3-4-5-12-27(31-15(2)28)19-9-7-18(8-10-19)26-23(29)21-20-11-6-16(22(24)25)13-17(20)14-30-21/h6-11,13-14H,3-5,12H2,1-2H3,(H3,24,25)(H,26,29). The van der Waals surface area contributed by atoms with Crippen LogP contribution >= 0.6 is 0 Å². The van der Waals surface area contributed by atoms with Crippen LogP contribution in [0.25, 0.3) is 10.8 Å². The van der Waals surface area contributed by atoms with E-state index in [9.17, 15) is 9.59 Å². The number of nitrogens with one attached hydrogen (secondary N) is 2. The zero-order valence-corrected chi connectivity index (χ0v) is 17.6. The summed E-state index contributed by atoms with van der Waals surface area (Å²) in [6.07, 6.45) is 4.47. The van der Waals surface area contributed by atoms with Gasteiger partial charge in [-0.3, -0.25) is 15.0 Å². The Kier molecular flexibility index (Phi) is 6.92. The van der Waals surface area contributed by atoms with E-state index in [2.05, 4.69) is 12.2 Å². The molecular formula is C23H26N4O4. The molecule has 1 amide bonds. The average Bonchev–Trinajstić information content (AvgIpc) is 3.17. The smallest absolute Gasteiger partial charge is 0.329 e. The quantitative estimate of drug-likeness (QED) is 0.203. The number of nitrogens with two attached hydrogens (primary N) is 1. The molecule has 0 fully saturated rings. The number of nitrogens with zero attached hydrogens (tertiary/aromatic N) is 1. The number of furan rings is 1. The van der Waals surface area contributed by atoms with Gasteiger partial charge in [0, 0.05) is 28.9 Å². The van der Waals surface area contributed by atoms with E-state index in [4.69, 9.17) is 20.4 Å². The predicted octanol–water partition coefficient (Wildman–Crippen LogP) is 4.44. The molecule has 4 N–H and O–H groups in total. The maximum Gasteiger partial charge on any atom is 0.329 e. The van der Waals surface area contributed by atoms with Crippen molar-refractivity contribution in [3.63, 3.8) is 0 Å². The van der Waals surface area contributed by atoms with E-state index in [0.29, 0.717) is 28.6 Å². The van der Waals surface area contributed by atoms with E-state index in [1.165, 1.54) is 13.2 Å². The Bertz CT molecular complexity index is 1090. The van der Waals surface area contributed by atoms with Gasteiger partial charge < -0.3 is 20.3 Å². The van der Waals surface area contributed by atoms with Crippen LogP contribution in [0.1, 0.15) is 49.2 Å². The van der Waals surface area contributed by atoms with Crippen LogP contribution in [-0.4, -0.2) is 24.3 Å². The van der Waals surface area contributed by atoms with Gasteiger partial charge in [-0.1, -0.05) is 25.8 Å². The fourth-order valence-electron chi connectivity index (χ4n) is 3.18. The summed E-state index contributed by atoms with van der Waals surface area (Å²) < 4.78 is 5.46. The number of amidine groups is 1. The van der Waals surface area contributed by atoms with Crippen LogP contribution in [-0.2, 0) is 9.63 Å². The molecule has 0 radical (unpaired) electrons. The number of carbonyl (C=O) groups excluding carboxylic acids is 2. The summed E-state index contributed by atoms with van der Waals surface area (Å²) in [7, 11) is 0. The Balaban J connectivity index is 1.72. The van der Waals surface area contributed by atoms with Crippen LogP contribution in [0.5, 0.6) is 0 Å². The number of anilines is 2. The number of benzene rings is 2. The monoisotopic (exact) mass is 422 g/mol. The van der Waals surface area contributed by atoms with Gasteiger partial charge in [0.25, 0.3) is 5.91 Å². The molecule has 31 heavy (non-hydrogen) atoms. The Morgan fingerprint density at radius 1 is 1.16 bits per heavy atom. The molecule has 0 atom stereocenters. The summed E-state index contributed by atoms with van der Waals surface area (Å²) >= 11 is 0. The van der Waals surface area contributed by atoms with Gasteiger partial charge in [-0.25, -0.2) is 5.06 Å². The number of fused-ring (bicyclic) bond motifs is 1. The molecule has 0 aliphatic carbocycles. The molecule has 3 aromatic rings. The molecule has 2 aromatic carbocycles. The molecule has 0 saturated carbocycles. The minimum atomic E-state index is -0.391. The van der Waals surface area contributed by atoms with Crippen molar-refractivity contribution in [2.45, 2.75) is 33.1 Å². The Hall–Kier alpha value is -3.81. The minimum absolute atomic E-state index is 0.0494. The van der Waals surface area contributed by atoms with Crippen molar-refractivity contribution in [3.8, 4) is 0 Å². The number of unbranched alkanes of at least 4 members (excludes halogenated alkanes) is 2. The van der Waals surface area contributed by atoms with E-state index >= 15 is 0 Å². The third-order valence-corrected chi connectivity index (χ3v) is 4.73. The van der Waals surface area contributed by atoms with Gasteiger partial charge in [0.15, 0.2) is 5.76 Å². The largest absolute Gasteiger partial charge is 0.458 e. The van der Waals surface area contributed by atoms with E-state index in [0.717, 1.165) is 24.9 Å². The van der Waals surface area contributed by atoms with E-state index < -0.39 is 5.91 Å². The summed E-state index contributed by atoms with van der Waals surface area (Å²) in [5, 5.41) is 13.2. The van der Waals surface area contributed by atoms with Crippen molar-refractivity contribution in [3.05, 3.63) is 60.1 Å². The average molecular weight is 422 g/mol. The number of carbonyl (C=O) groups is 2. The lowest BCUT2D eigenvalue weighted by Crippen LogP contribution is -2.27. The Morgan fingerprint density at radius 2 is 1.90 bits per heavy atom. The van der Waals surface area contributed by atoms with Crippen LogP contribution in [0.3, 0.4) is 0 Å². The molecule has 0 unspecified atom stereocenters. The van der Waals surface area contributed by atoms with Crippen LogP contribution in [0, 0.1) is 5.41 Å². The first kappa shape index (κ1) is 21.9. The zero-order valence-electron chi connectivity index (χ0n) is 17.6. The van der Waals surface area contributed by atoms with Crippen molar-refractivity contribution in [1.29, 1.82) is 5.41 Å². The first-order valence-electron chi connectivity index (χ1n) is 10.1. The predicted molar refractivity (Wildman–Crippen MR) is 120 cm³/mol. The molecule has 0 spiro atoms. The second-order valence-corrected chi connectivity index (χ2v) is 7.17. The first-order valence-corrected chi connectivity index (χ1v) is 10.1. The number of amides is 1. The van der Waals surface area contributed by atoms with Gasteiger partial charge in [-0.2, -0.15) is 0 Å². The lowest BCUT2D eigenvalue weighted by atomic mass is 10.1. The molecule has 0 bridgehead atoms. The summed E-state index contributed by atoms with van der Waals surface area (Å²) in [5.41, 5.74) is 7.38. The maximum atomic E-state index is 12.7. The van der Waals surface area contributed by atoms with E-state index in [-0.39, 0.29) is 17.6 Å². The molecule has 8 heteroatoms. The Morgan fingerprint density at radius 3 is 2.55 bits per heavy atom. The second kappa shape index (κ2) is 9.80. The highest BCUT2D eigenvalue weighted by molar-refractivity contribution is 6.12. The zero-order chi connectivity index (χ0) is 22.4. The Labute approximate surface area is 180 Å². The summed E-state index contributed by atoms with van der Waals surface area (Å²) in [6, 6.07) is 12.1. The minimum Gasteiger partial charge on any atom is -0.458 e. The molecule has 3 rings (SSSR count). The highest BCUT2D eigenvalue weighted by Gasteiger charge is 2.16. The molecule has 1 heterocycles. The first-order chi connectivity index (χ1) is 14.9. The highest BCUT2D eigenvalue weighted by atomic mass is 16.7. The van der Waals surface area contributed by atoms with Crippen LogP contribution in [0.15, 0.2) is 53.1 Å². The van der Waals surface area contributed by atoms with Gasteiger partial charge >= 0.3 is 5.97 Å². The molecule has 162 valence electrons. The molecule has 0 aliphatic heterocycles. The van der Waals surface area contributed by atoms with Gasteiger partial charge in [-0.05, 0) is 42.8 Å². The van der Waals surface area contributed by atoms with E-state index in [1.54, 1.807) is 47.5 Å². The number of hydroxylamine groups is 1. The normalized spacial score (nSPS) is 10.6. The third-order valence-electron chi connectivity index (χ3n) is 4.73. The molecule has 0 aliphatic rings. The second-order valence-electron chi connectivity index (χ2n) is 7.17. The topological polar surface area (TPSA) is 122 Å². The van der Waals surface area contributed by atoms with E-state index in [1.807, 2.05) is 0 Å². The van der Waals surface area contributed by atoms with Crippen LogP contribution in [0.2, 0.25) is 0 Å². The highest BCUT2D eigenvalue weighted by Crippen LogP contribution is 2.24. The number of rotatable bonds is 9. The van der Waals surface area contributed by atoms with Crippen molar-refractivity contribution >= 4 is 39.9 Å². The van der Waals surface area contributed by atoms with Crippen molar-refractivity contribution in [1.82, 2.24) is 0 Å². The molecule has 0 saturated heterocycles. The fourth-order valence-corrected chi connectivity index (χ4v) is 3.18.